The van der Waals surface area contributed by atoms with Crippen molar-refractivity contribution in [1.29, 1.82) is 0 Å². The normalized spacial score (nSPS) is 14.5. The number of carbonyl (C=O) groups is 1. The summed E-state index contributed by atoms with van der Waals surface area (Å²) in [4.78, 5) is 25.4. The van der Waals surface area contributed by atoms with Crippen molar-refractivity contribution >= 4 is 13.7 Å². The Morgan fingerprint density at radius 1 is 0.500 bits per heavy atom. The summed E-state index contributed by atoms with van der Waals surface area (Å²) in [6.07, 6.45) is 75.5. The molecule has 0 aliphatic carbocycles. The highest BCUT2D eigenvalue weighted by atomic mass is 31.2. The molecule has 3 unspecified atom stereocenters. The van der Waals surface area contributed by atoms with Crippen molar-refractivity contribution in [2.45, 2.75) is 270 Å². The summed E-state index contributed by atoms with van der Waals surface area (Å²) in [7, 11) is 1.23. The number of hydrogen-bond donors (Lipinski definition) is 2. The van der Waals surface area contributed by atoms with Crippen LogP contribution in [0.25, 0.3) is 0 Å². The second-order valence-corrected chi connectivity index (χ2v) is 22.7. The first kappa shape index (κ1) is 69.7. The standard InChI is InChI=1S/C63H115N2O6P/c1-6-8-10-12-14-16-18-20-21-22-23-24-25-26-27-28-29-30-31-32-33-34-35-36-37-38-39-40-41-42-43-45-47-49-51-53-55-57-63(67)64-61(60-71-72(68,69)70-59-58-65(3,4)5)62(66)56-54-52-50-48-46-44-19-17-15-13-11-9-7-2/h8,10,14-17,20-21,23-24,46,48,54,56,61-62,66H,6-7,9,11-13,18-19,22,25-45,47,49-53,55,57-60H2,1-5H3,(H-,64,67,68,69)/b10-8-,16-14-,17-15+,21-20-,24-23-,48-46+,56-54+. The Balaban J connectivity index is 3.95. The van der Waals surface area contributed by atoms with Gasteiger partial charge in [-0.1, -0.05) is 253 Å². The molecule has 0 aromatic carbocycles. The van der Waals surface area contributed by atoms with Crippen LogP contribution in [0.5, 0.6) is 0 Å². The molecule has 0 bridgehead atoms. The van der Waals surface area contributed by atoms with Crippen LogP contribution in [0.1, 0.15) is 258 Å². The Morgan fingerprint density at radius 2 is 0.861 bits per heavy atom. The van der Waals surface area contributed by atoms with Gasteiger partial charge in [-0.25, -0.2) is 0 Å². The summed E-state index contributed by atoms with van der Waals surface area (Å²) in [6.45, 7) is 4.48. The lowest BCUT2D eigenvalue weighted by atomic mass is 10.0. The van der Waals surface area contributed by atoms with Crippen molar-refractivity contribution in [3.63, 3.8) is 0 Å². The number of hydrogen-bond acceptors (Lipinski definition) is 6. The van der Waals surface area contributed by atoms with Gasteiger partial charge < -0.3 is 28.8 Å². The molecule has 9 heteroatoms. The van der Waals surface area contributed by atoms with Crippen LogP contribution < -0.4 is 10.2 Å². The largest absolute Gasteiger partial charge is 0.756 e. The van der Waals surface area contributed by atoms with Crippen LogP contribution in [-0.4, -0.2) is 68.5 Å². The second kappa shape index (κ2) is 53.5. The molecule has 0 aromatic heterocycles. The first-order valence-electron chi connectivity index (χ1n) is 29.9. The van der Waals surface area contributed by atoms with E-state index in [0.29, 0.717) is 17.4 Å². The average molecular weight is 1030 g/mol. The number of rotatable bonds is 54. The number of likely N-dealkylation sites (N-methyl/N-ethyl adjacent to an activating group) is 1. The van der Waals surface area contributed by atoms with Crippen LogP contribution in [0, 0.1) is 0 Å². The molecule has 8 nitrogen and oxygen atoms in total. The van der Waals surface area contributed by atoms with Gasteiger partial charge in [0.15, 0.2) is 0 Å². The van der Waals surface area contributed by atoms with Crippen LogP contribution in [-0.2, 0) is 18.4 Å². The fraction of sp³-hybridized carbons (Fsp3) is 0.762. The molecule has 0 saturated carbocycles. The van der Waals surface area contributed by atoms with Gasteiger partial charge in [0.05, 0.1) is 39.9 Å². The first-order valence-corrected chi connectivity index (χ1v) is 31.4. The predicted molar refractivity (Wildman–Crippen MR) is 311 cm³/mol. The first-order chi connectivity index (χ1) is 35.0. The molecule has 0 rings (SSSR count). The number of aliphatic hydroxyl groups excluding tert-OH is 1. The summed E-state index contributed by atoms with van der Waals surface area (Å²) < 4.78 is 23.3. The van der Waals surface area contributed by atoms with Crippen LogP contribution >= 0.6 is 7.82 Å². The fourth-order valence-electron chi connectivity index (χ4n) is 8.41. The highest BCUT2D eigenvalue weighted by Gasteiger charge is 2.23. The van der Waals surface area contributed by atoms with E-state index in [4.69, 9.17) is 9.05 Å². The maximum Gasteiger partial charge on any atom is 0.268 e. The van der Waals surface area contributed by atoms with E-state index in [-0.39, 0.29) is 12.5 Å². The van der Waals surface area contributed by atoms with Crippen LogP contribution in [0.3, 0.4) is 0 Å². The van der Waals surface area contributed by atoms with Gasteiger partial charge in [0.2, 0.25) is 5.91 Å². The Labute approximate surface area is 446 Å². The molecule has 0 radical (unpaired) electrons. The summed E-state index contributed by atoms with van der Waals surface area (Å²) >= 11 is 0. The molecule has 1 amide bonds. The van der Waals surface area contributed by atoms with E-state index in [9.17, 15) is 19.4 Å². The van der Waals surface area contributed by atoms with Gasteiger partial charge >= 0.3 is 0 Å². The van der Waals surface area contributed by atoms with Gasteiger partial charge in [-0.15, -0.1) is 0 Å². The smallest absolute Gasteiger partial charge is 0.268 e. The van der Waals surface area contributed by atoms with Crippen molar-refractivity contribution in [2.24, 2.45) is 0 Å². The van der Waals surface area contributed by atoms with E-state index in [2.05, 4.69) is 92.1 Å². The number of carbonyl (C=O) groups excluding carboxylic acids is 1. The van der Waals surface area contributed by atoms with Crippen LogP contribution in [0.15, 0.2) is 85.1 Å². The zero-order valence-corrected chi connectivity index (χ0v) is 48.5. The molecule has 0 heterocycles. The Kier molecular flexibility index (Phi) is 51.8. The lowest BCUT2D eigenvalue weighted by Gasteiger charge is -2.29. The quantitative estimate of drug-likeness (QED) is 0.0272. The van der Waals surface area contributed by atoms with Gasteiger partial charge in [-0.3, -0.25) is 9.36 Å². The fourth-order valence-corrected chi connectivity index (χ4v) is 9.14. The summed E-state index contributed by atoms with van der Waals surface area (Å²) in [6, 6.07) is -0.910. The molecule has 0 aliphatic heterocycles. The minimum absolute atomic E-state index is 0.0102. The molecule has 0 saturated heterocycles. The number of nitrogens with zero attached hydrogens (tertiary/aromatic N) is 1. The van der Waals surface area contributed by atoms with E-state index >= 15 is 0 Å². The van der Waals surface area contributed by atoms with Crippen molar-refractivity contribution in [1.82, 2.24) is 5.32 Å². The number of allylic oxidation sites excluding steroid dienone is 13. The van der Waals surface area contributed by atoms with Gasteiger partial charge in [0.1, 0.15) is 13.2 Å². The van der Waals surface area contributed by atoms with Crippen molar-refractivity contribution in [3.05, 3.63) is 85.1 Å². The number of amides is 1. The third-order valence-electron chi connectivity index (χ3n) is 13.1. The van der Waals surface area contributed by atoms with E-state index < -0.39 is 26.6 Å². The molecule has 3 atom stereocenters. The molecule has 0 fully saturated rings. The molecule has 0 aliphatic rings. The van der Waals surface area contributed by atoms with Gasteiger partial charge in [0, 0.05) is 6.42 Å². The van der Waals surface area contributed by atoms with E-state index in [1.54, 1.807) is 6.08 Å². The molecular weight excluding hydrogens is 912 g/mol. The Hall–Kier alpha value is -2.32. The van der Waals surface area contributed by atoms with Crippen molar-refractivity contribution in [3.8, 4) is 0 Å². The lowest BCUT2D eigenvalue weighted by molar-refractivity contribution is -0.870. The zero-order chi connectivity index (χ0) is 52.7. The number of unbranched alkanes of at least 4 members (excludes halogenated alkanes) is 29. The van der Waals surface area contributed by atoms with Crippen LogP contribution in [0.2, 0.25) is 0 Å². The number of nitrogens with one attached hydrogen (secondary N) is 1. The molecule has 0 spiro atoms. The average Bonchev–Trinajstić information content (AvgIpc) is 3.34. The number of phosphoric ester groups is 1. The minimum atomic E-state index is -4.61. The molecule has 72 heavy (non-hydrogen) atoms. The van der Waals surface area contributed by atoms with Gasteiger partial charge in [0.25, 0.3) is 7.82 Å². The van der Waals surface area contributed by atoms with Crippen LogP contribution in [0.4, 0.5) is 0 Å². The van der Waals surface area contributed by atoms with Gasteiger partial charge in [-0.2, -0.15) is 0 Å². The third-order valence-corrected chi connectivity index (χ3v) is 14.0. The number of phosphoric acid groups is 1. The monoisotopic (exact) mass is 1030 g/mol. The third kappa shape index (κ3) is 55.4. The van der Waals surface area contributed by atoms with E-state index in [1.165, 1.54) is 161 Å². The van der Waals surface area contributed by atoms with Crippen molar-refractivity contribution in [2.75, 3.05) is 40.9 Å². The van der Waals surface area contributed by atoms with E-state index in [1.807, 2.05) is 27.2 Å². The zero-order valence-electron chi connectivity index (χ0n) is 47.6. The highest BCUT2D eigenvalue weighted by Crippen LogP contribution is 2.38. The molecule has 0 aromatic rings. The topological polar surface area (TPSA) is 108 Å². The number of aliphatic hydroxyl groups is 1. The molecule has 418 valence electrons. The Morgan fingerprint density at radius 3 is 1.29 bits per heavy atom. The number of quaternary nitrogens is 1. The summed E-state index contributed by atoms with van der Waals surface area (Å²) in [5.41, 5.74) is 0. The second-order valence-electron chi connectivity index (χ2n) is 21.3. The maximum atomic E-state index is 12.9. The highest BCUT2D eigenvalue weighted by molar-refractivity contribution is 7.45. The summed E-state index contributed by atoms with van der Waals surface area (Å²) in [5, 5.41) is 13.8. The SMILES string of the molecule is CC/C=C\C/C=C\C/C=C\C/C=C\CCCCCCCCCCCCCCCCCCCCCCCCCCC(=O)NC(COP(=O)([O-])OCC[N+](C)(C)C)C(O)/C=C/CC/C=C/CC/C=C/CCCCC. The minimum Gasteiger partial charge on any atom is -0.756 e. The maximum absolute atomic E-state index is 12.9. The summed E-state index contributed by atoms with van der Waals surface area (Å²) in [5.74, 6) is -0.211. The Bertz CT molecular complexity index is 1450. The predicted octanol–water partition coefficient (Wildman–Crippen LogP) is 17.8. The molecule has 2 N–H and O–H groups in total. The van der Waals surface area contributed by atoms with E-state index in [0.717, 1.165) is 77.0 Å². The molecular formula is C63H115N2O6P. The van der Waals surface area contributed by atoms with Crippen molar-refractivity contribution < 1.29 is 32.9 Å². The lowest BCUT2D eigenvalue weighted by Crippen LogP contribution is -2.45. The van der Waals surface area contributed by atoms with Gasteiger partial charge in [-0.05, 0) is 83.5 Å².